The van der Waals surface area contributed by atoms with Crippen LogP contribution in [0.5, 0.6) is 11.5 Å². The van der Waals surface area contributed by atoms with Crippen LogP contribution in [0.1, 0.15) is 0 Å². The molecule has 0 unspecified atom stereocenters. The van der Waals surface area contributed by atoms with E-state index < -0.39 is 0 Å². The van der Waals surface area contributed by atoms with Gasteiger partial charge in [0.15, 0.2) is 0 Å². The van der Waals surface area contributed by atoms with Gasteiger partial charge in [-0.3, -0.25) is 0 Å². The molecule has 0 aromatic heterocycles. The fourth-order valence-corrected chi connectivity index (χ4v) is 2.04. The monoisotopic (exact) mass is 264 g/mol. The highest BCUT2D eigenvalue weighted by Gasteiger charge is 2.08. The Hall–Kier alpha value is -2.88. The van der Waals surface area contributed by atoms with E-state index in [-0.39, 0.29) is 11.5 Å². The summed E-state index contributed by atoms with van der Waals surface area (Å²) in [5.41, 5.74) is 1.24. The van der Waals surface area contributed by atoms with Gasteiger partial charge in [0.1, 0.15) is 11.5 Å². The third-order valence-corrected chi connectivity index (χ3v) is 3.00. The van der Waals surface area contributed by atoms with E-state index in [2.05, 4.69) is 10.2 Å². The number of phenols is 2. The minimum absolute atomic E-state index is 0.0698. The molecular formula is C16H12N2O2. The number of phenolic OH excluding ortho intramolecular Hbond substituents is 2. The van der Waals surface area contributed by atoms with E-state index in [0.29, 0.717) is 16.5 Å². The molecule has 0 radical (unpaired) electrons. The number of fused-ring (bicyclic) bond motifs is 1. The summed E-state index contributed by atoms with van der Waals surface area (Å²) in [6.07, 6.45) is 0. The lowest BCUT2D eigenvalue weighted by Gasteiger charge is -2.05. The molecular weight excluding hydrogens is 252 g/mol. The van der Waals surface area contributed by atoms with E-state index in [1.807, 2.05) is 30.3 Å². The van der Waals surface area contributed by atoms with Gasteiger partial charge >= 0.3 is 0 Å². The minimum atomic E-state index is 0.0698. The lowest BCUT2D eigenvalue weighted by molar-refractivity contribution is 0.475. The first-order chi connectivity index (χ1) is 9.75. The summed E-state index contributed by atoms with van der Waals surface area (Å²) in [5.74, 6) is 0.176. The van der Waals surface area contributed by atoms with Gasteiger partial charge in [-0.2, -0.15) is 5.11 Å². The molecule has 0 spiro atoms. The summed E-state index contributed by atoms with van der Waals surface area (Å²) < 4.78 is 0. The number of rotatable bonds is 2. The van der Waals surface area contributed by atoms with Crippen LogP contribution < -0.4 is 0 Å². The highest BCUT2D eigenvalue weighted by molar-refractivity contribution is 6.00. The van der Waals surface area contributed by atoms with E-state index in [1.165, 1.54) is 0 Å². The van der Waals surface area contributed by atoms with Crippen molar-refractivity contribution in [1.29, 1.82) is 0 Å². The third kappa shape index (κ3) is 2.19. The van der Waals surface area contributed by atoms with Crippen LogP contribution in [-0.4, -0.2) is 10.2 Å². The van der Waals surface area contributed by atoms with Crippen LogP contribution in [0.2, 0.25) is 0 Å². The first kappa shape index (κ1) is 12.2. The molecule has 98 valence electrons. The van der Waals surface area contributed by atoms with Gasteiger partial charge in [0.25, 0.3) is 0 Å². The summed E-state index contributed by atoms with van der Waals surface area (Å²) in [6.45, 7) is 0. The van der Waals surface area contributed by atoms with Crippen molar-refractivity contribution in [2.24, 2.45) is 10.2 Å². The maximum Gasteiger partial charge on any atom is 0.125 e. The van der Waals surface area contributed by atoms with E-state index in [9.17, 15) is 10.2 Å². The molecule has 4 heteroatoms. The second-order valence-corrected chi connectivity index (χ2v) is 4.34. The van der Waals surface area contributed by atoms with Crippen LogP contribution >= 0.6 is 0 Å². The highest BCUT2D eigenvalue weighted by atomic mass is 16.3. The molecule has 2 N–H and O–H groups in total. The molecule has 0 fully saturated rings. The zero-order chi connectivity index (χ0) is 13.9. The normalized spacial score (nSPS) is 11.2. The summed E-state index contributed by atoms with van der Waals surface area (Å²) in [4.78, 5) is 0. The van der Waals surface area contributed by atoms with Gasteiger partial charge in [-0.15, -0.1) is 5.11 Å². The van der Waals surface area contributed by atoms with E-state index in [0.717, 1.165) is 5.69 Å². The maximum atomic E-state index is 9.96. The Labute approximate surface area is 115 Å². The van der Waals surface area contributed by atoms with Gasteiger partial charge < -0.3 is 10.2 Å². The first-order valence-electron chi connectivity index (χ1n) is 6.16. The van der Waals surface area contributed by atoms with Gasteiger partial charge in [-0.1, -0.05) is 30.3 Å². The van der Waals surface area contributed by atoms with Gasteiger partial charge in [-0.05, 0) is 30.3 Å². The summed E-state index contributed by atoms with van der Waals surface area (Å²) in [6, 6.07) is 17.5. The molecule has 0 aliphatic heterocycles. The fraction of sp³-hybridized carbons (Fsp3) is 0. The topological polar surface area (TPSA) is 65.2 Å². The largest absolute Gasteiger partial charge is 0.507 e. The predicted molar refractivity (Wildman–Crippen MR) is 77.9 cm³/mol. The van der Waals surface area contributed by atoms with Gasteiger partial charge in [-0.25, -0.2) is 0 Å². The Balaban J connectivity index is 2.13. The number of benzene rings is 3. The van der Waals surface area contributed by atoms with Crippen LogP contribution in [0.25, 0.3) is 10.8 Å². The van der Waals surface area contributed by atoms with Gasteiger partial charge in [0, 0.05) is 5.39 Å². The number of aromatic hydroxyl groups is 2. The van der Waals surface area contributed by atoms with Crippen molar-refractivity contribution in [2.45, 2.75) is 0 Å². The lowest BCUT2D eigenvalue weighted by atomic mass is 10.1. The molecule has 0 amide bonds. The Kier molecular flexibility index (Phi) is 3.05. The molecule has 0 saturated carbocycles. The molecule has 0 bridgehead atoms. The Morgan fingerprint density at radius 3 is 2.25 bits per heavy atom. The van der Waals surface area contributed by atoms with Crippen LogP contribution in [0.3, 0.4) is 0 Å². The van der Waals surface area contributed by atoms with Gasteiger partial charge in [0.2, 0.25) is 0 Å². The molecule has 0 aliphatic carbocycles. The Morgan fingerprint density at radius 2 is 1.45 bits per heavy atom. The zero-order valence-corrected chi connectivity index (χ0v) is 10.6. The average Bonchev–Trinajstić information content (AvgIpc) is 2.48. The van der Waals surface area contributed by atoms with Crippen molar-refractivity contribution in [1.82, 2.24) is 0 Å². The Morgan fingerprint density at radius 1 is 0.650 bits per heavy atom. The van der Waals surface area contributed by atoms with Crippen molar-refractivity contribution in [2.75, 3.05) is 0 Å². The molecule has 3 aromatic carbocycles. The number of azo groups is 1. The van der Waals surface area contributed by atoms with Crippen LogP contribution in [0.4, 0.5) is 11.4 Å². The third-order valence-electron chi connectivity index (χ3n) is 3.00. The lowest BCUT2D eigenvalue weighted by Crippen LogP contribution is -1.76. The molecule has 0 aliphatic rings. The van der Waals surface area contributed by atoms with Crippen LogP contribution in [-0.2, 0) is 0 Å². The smallest absolute Gasteiger partial charge is 0.125 e. The molecule has 3 rings (SSSR count). The molecule has 20 heavy (non-hydrogen) atoms. The summed E-state index contributed by atoms with van der Waals surface area (Å²) in [5, 5.41) is 29.1. The second-order valence-electron chi connectivity index (χ2n) is 4.34. The van der Waals surface area contributed by atoms with E-state index >= 15 is 0 Å². The van der Waals surface area contributed by atoms with E-state index in [4.69, 9.17) is 0 Å². The van der Waals surface area contributed by atoms with Crippen LogP contribution in [0, 0.1) is 0 Å². The predicted octanol–water partition coefficient (Wildman–Crippen LogP) is 4.67. The number of nitrogens with zero attached hydrogens (tertiary/aromatic N) is 2. The van der Waals surface area contributed by atoms with Crippen molar-refractivity contribution >= 4 is 22.1 Å². The van der Waals surface area contributed by atoms with E-state index in [1.54, 1.807) is 30.3 Å². The fourth-order valence-electron chi connectivity index (χ4n) is 2.04. The molecule has 3 aromatic rings. The minimum Gasteiger partial charge on any atom is -0.507 e. The number of hydrogen-bond acceptors (Lipinski definition) is 4. The van der Waals surface area contributed by atoms with Crippen LogP contribution in [0.15, 0.2) is 70.9 Å². The average molecular weight is 264 g/mol. The number of hydrogen-bond donors (Lipinski definition) is 2. The Bertz CT molecular complexity index is 783. The molecule has 0 atom stereocenters. The second kappa shape index (κ2) is 5.01. The standard InChI is InChI=1S/C16H12N2O2/c19-14-10-9-13(16-12(14)7-4-8-15(16)20)18-17-11-5-2-1-3-6-11/h1-10,19-20H. The quantitative estimate of drug-likeness (QED) is 0.661. The maximum absolute atomic E-state index is 9.96. The summed E-state index contributed by atoms with van der Waals surface area (Å²) in [7, 11) is 0. The van der Waals surface area contributed by atoms with Crippen molar-refractivity contribution in [3.63, 3.8) is 0 Å². The van der Waals surface area contributed by atoms with Gasteiger partial charge in [0.05, 0.1) is 16.8 Å². The van der Waals surface area contributed by atoms with Crippen molar-refractivity contribution < 1.29 is 10.2 Å². The van der Waals surface area contributed by atoms with Crippen molar-refractivity contribution in [3.8, 4) is 11.5 Å². The van der Waals surface area contributed by atoms with Crippen molar-refractivity contribution in [3.05, 3.63) is 60.7 Å². The highest BCUT2D eigenvalue weighted by Crippen LogP contribution is 2.38. The molecule has 0 saturated heterocycles. The zero-order valence-electron chi connectivity index (χ0n) is 10.6. The molecule has 0 heterocycles. The first-order valence-corrected chi connectivity index (χ1v) is 6.16. The summed E-state index contributed by atoms with van der Waals surface area (Å²) >= 11 is 0. The SMILES string of the molecule is Oc1ccc(N=Nc2ccccc2)c2c(O)cccc12. The molecule has 4 nitrogen and oxygen atoms in total.